The molecule has 3 unspecified atom stereocenters. The summed E-state index contributed by atoms with van der Waals surface area (Å²) in [6, 6.07) is 9.33. The SMILES string of the molecule is CCN(CC)CCCC(C)NC(=NC)NCc1ccc(CN2CC(C)OC(C)C2)cc1. The molecule has 31 heavy (non-hydrogen) atoms. The average molecular weight is 432 g/mol. The second-order valence-electron chi connectivity index (χ2n) is 8.91. The van der Waals surface area contributed by atoms with Gasteiger partial charge in [0.2, 0.25) is 0 Å². The summed E-state index contributed by atoms with van der Waals surface area (Å²) in [5.41, 5.74) is 2.62. The zero-order valence-corrected chi connectivity index (χ0v) is 20.7. The predicted molar refractivity (Wildman–Crippen MR) is 132 cm³/mol. The van der Waals surface area contributed by atoms with Gasteiger partial charge in [-0.25, -0.2) is 0 Å². The predicted octanol–water partition coefficient (Wildman–Crippen LogP) is 3.47. The molecule has 0 saturated carbocycles. The van der Waals surface area contributed by atoms with Gasteiger partial charge >= 0.3 is 0 Å². The van der Waals surface area contributed by atoms with E-state index in [1.54, 1.807) is 0 Å². The van der Waals surface area contributed by atoms with Crippen LogP contribution in [0.5, 0.6) is 0 Å². The minimum atomic E-state index is 0.311. The highest BCUT2D eigenvalue weighted by molar-refractivity contribution is 5.79. The summed E-state index contributed by atoms with van der Waals surface area (Å²) in [5, 5.41) is 6.97. The fourth-order valence-corrected chi connectivity index (χ4v) is 4.28. The quantitative estimate of drug-likeness (QED) is 0.415. The van der Waals surface area contributed by atoms with Crippen LogP contribution < -0.4 is 10.6 Å². The maximum Gasteiger partial charge on any atom is 0.191 e. The van der Waals surface area contributed by atoms with Gasteiger partial charge in [0, 0.05) is 39.3 Å². The summed E-state index contributed by atoms with van der Waals surface area (Å²) in [4.78, 5) is 9.35. The molecule has 0 radical (unpaired) electrons. The molecule has 1 aromatic carbocycles. The van der Waals surface area contributed by atoms with Gasteiger partial charge in [-0.15, -0.1) is 0 Å². The van der Waals surface area contributed by atoms with Crippen molar-refractivity contribution >= 4 is 5.96 Å². The number of rotatable bonds is 11. The highest BCUT2D eigenvalue weighted by atomic mass is 16.5. The number of guanidine groups is 1. The van der Waals surface area contributed by atoms with E-state index in [9.17, 15) is 0 Å². The summed E-state index contributed by atoms with van der Waals surface area (Å²) >= 11 is 0. The zero-order chi connectivity index (χ0) is 22.6. The van der Waals surface area contributed by atoms with Gasteiger partial charge in [-0.3, -0.25) is 9.89 Å². The van der Waals surface area contributed by atoms with Crippen molar-refractivity contribution in [2.45, 2.75) is 78.8 Å². The molecular weight excluding hydrogens is 386 g/mol. The first-order valence-corrected chi connectivity index (χ1v) is 12.1. The van der Waals surface area contributed by atoms with Gasteiger partial charge in [-0.05, 0) is 64.4 Å². The van der Waals surface area contributed by atoms with Gasteiger partial charge in [-0.1, -0.05) is 38.1 Å². The molecule has 1 aliphatic rings. The average Bonchev–Trinajstić information content (AvgIpc) is 2.74. The number of morpholine rings is 1. The second kappa shape index (κ2) is 13.7. The van der Waals surface area contributed by atoms with Crippen LogP contribution in [-0.4, -0.2) is 73.8 Å². The zero-order valence-electron chi connectivity index (χ0n) is 20.7. The Labute approximate surface area is 190 Å². The molecule has 1 fully saturated rings. The van der Waals surface area contributed by atoms with Crippen molar-refractivity contribution in [2.75, 3.05) is 39.8 Å². The maximum absolute atomic E-state index is 5.84. The van der Waals surface area contributed by atoms with Crippen molar-refractivity contribution in [1.29, 1.82) is 0 Å². The van der Waals surface area contributed by atoms with E-state index < -0.39 is 0 Å². The Morgan fingerprint density at radius 2 is 1.74 bits per heavy atom. The lowest BCUT2D eigenvalue weighted by molar-refractivity contribution is -0.0704. The van der Waals surface area contributed by atoms with Crippen LogP contribution in [0.15, 0.2) is 29.3 Å². The molecule has 1 saturated heterocycles. The van der Waals surface area contributed by atoms with Crippen LogP contribution in [0.25, 0.3) is 0 Å². The van der Waals surface area contributed by atoms with Crippen LogP contribution in [0.1, 0.15) is 58.6 Å². The Bertz CT molecular complexity index is 634. The number of hydrogen-bond acceptors (Lipinski definition) is 4. The smallest absolute Gasteiger partial charge is 0.191 e. The molecule has 6 nitrogen and oxygen atoms in total. The van der Waals surface area contributed by atoms with Crippen LogP contribution in [-0.2, 0) is 17.8 Å². The standard InChI is InChI=1S/C25H45N5O/c1-7-29(8-2)15-9-10-20(3)28-25(26-6)27-16-23-11-13-24(14-12-23)19-30-17-21(4)31-22(5)18-30/h11-14,20-22H,7-10,15-19H2,1-6H3,(H2,26,27,28). The first-order chi connectivity index (χ1) is 14.9. The fourth-order valence-electron chi connectivity index (χ4n) is 4.28. The molecule has 0 spiro atoms. The van der Waals surface area contributed by atoms with Crippen LogP contribution in [0.3, 0.4) is 0 Å². The monoisotopic (exact) mass is 431 g/mol. The molecule has 1 heterocycles. The number of ether oxygens (including phenoxy) is 1. The van der Waals surface area contributed by atoms with Gasteiger partial charge in [0.1, 0.15) is 0 Å². The van der Waals surface area contributed by atoms with E-state index in [-0.39, 0.29) is 0 Å². The van der Waals surface area contributed by atoms with E-state index in [2.05, 4.69) is 84.3 Å². The third-order valence-corrected chi connectivity index (χ3v) is 6.00. The molecular formula is C25H45N5O. The number of hydrogen-bond donors (Lipinski definition) is 2. The first kappa shape index (κ1) is 25.6. The molecule has 0 bridgehead atoms. The molecule has 0 amide bonds. The topological polar surface area (TPSA) is 52.1 Å². The summed E-state index contributed by atoms with van der Waals surface area (Å²) in [7, 11) is 1.84. The van der Waals surface area contributed by atoms with Crippen molar-refractivity contribution < 1.29 is 4.74 Å². The maximum atomic E-state index is 5.84. The molecule has 2 rings (SSSR count). The minimum Gasteiger partial charge on any atom is -0.373 e. The lowest BCUT2D eigenvalue weighted by atomic mass is 10.1. The van der Waals surface area contributed by atoms with E-state index in [1.807, 2.05) is 7.05 Å². The van der Waals surface area contributed by atoms with Crippen molar-refractivity contribution in [3.8, 4) is 0 Å². The van der Waals surface area contributed by atoms with Crippen LogP contribution in [0, 0.1) is 0 Å². The highest BCUT2D eigenvalue weighted by Crippen LogP contribution is 2.14. The lowest BCUT2D eigenvalue weighted by Crippen LogP contribution is -2.44. The third-order valence-electron chi connectivity index (χ3n) is 6.00. The third kappa shape index (κ3) is 9.58. The molecule has 0 aliphatic carbocycles. The molecule has 6 heteroatoms. The number of nitrogens with zero attached hydrogens (tertiary/aromatic N) is 3. The molecule has 1 aromatic rings. The second-order valence-corrected chi connectivity index (χ2v) is 8.91. The molecule has 3 atom stereocenters. The van der Waals surface area contributed by atoms with Gasteiger partial charge in [0.15, 0.2) is 5.96 Å². The lowest BCUT2D eigenvalue weighted by Gasteiger charge is -2.35. The number of aliphatic imine (C=N–C) groups is 1. The summed E-state index contributed by atoms with van der Waals surface area (Å²) < 4.78 is 5.84. The van der Waals surface area contributed by atoms with E-state index in [4.69, 9.17) is 4.74 Å². The minimum absolute atomic E-state index is 0.311. The number of benzene rings is 1. The molecule has 176 valence electrons. The van der Waals surface area contributed by atoms with Gasteiger partial charge < -0.3 is 20.3 Å². The van der Waals surface area contributed by atoms with E-state index in [0.29, 0.717) is 18.2 Å². The summed E-state index contributed by atoms with van der Waals surface area (Å²) in [6.45, 7) is 18.2. The first-order valence-electron chi connectivity index (χ1n) is 12.1. The Hall–Kier alpha value is -1.63. The van der Waals surface area contributed by atoms with E-state index in [1.165, 1.54) is 24.1 Å². The Balaban J connectivity index is 1.73. The highest BCUT2D eigenvalue weighted by Gasteiger charge is 2.21. The van der Waals surface area contributed by atoms with E-state index in [0.717, 1.165) is 51.6 Å². The summed E-state index contributed by atoms with van der Waals surface area (Å²) in [6.07, 6.45) is 2.97. The Kier molecular flexibility index (Phi) is 11.3. The van der Waals surface area contributed by atoms with Crippen molar-refractivity contribution in [3.05, 3.63) is 35.4 Å². The normalized spacial score (nSPS) is 21.3. The van der Waals surface area contributed by atoms with Gasteiger partial charge in [-0.2, -0.15) is 0 Å². The molecule has 2 N–H and O–H groups in total. The number of nitrogens with one attached hydrogen (secondary N) is 2. The Morgan fingerprint density at radius 1 is 1.13 bits per heavy atom. The van der Waals surface area contributed by atoms with Crippen molar-refractivity contribution in [2.24, 2.45) is 4.99 Å². The molecule has 0 aromatic heterocycles. The fraction of sp³-hybridized carbons (Fsp3) is 0.720. The van der Waals surface area contributed by atoms with Crippen molar-refractivity contribution in [1.82, 2.24) is 20.4 Å². The van der Waals surface area contributed by atoms with Gasteiger partial charge in [0.05, 0.1) is 12.2 Å². The van der Waals surface area contributed by atoms with Crippen LogP contribution >= 0.6 is 0 Å². The van der Waals surface area contributed by atoms with Crippen molar-refractivity contribution in [3.63, 3.8) is 0 Å². The van der Waals surface area contributed by atoms with E-state index >= 15 is 0 Å². The van der Waals surface area contributed by atoms with Gasteiger partial charge in [0.25, 0.3) is 0 Å². The largest absolute Gasteiger partial charge is 0.373 e. The molecule has 1 aliphatic heterocycles. The Morgan fingerprint density at radius 3 is 2.32 bits per heavy atom. The summed E-state index contributed by atoms with van der Waals surface area (Å²) in [5.74, 6) is 0.871. The van der Waals surface area contributed by atoms with Crippen LogP contribution in [0.4, 0.5) is 0 Å². The van der Waals surface area contributed by atoms with Crippen LogP contribution in [0.2, 0.25) is 0 Å².